The van der Waals surface area contributed by atoms with Gasteiger partial charge in [0.2, 0.25) is 0 Å². The van der Waals surface area contributed by atoms with Crippen molar-refractivity contribution in [1.29, 1.82) is 0 Å². The fraction of sp³-hybridized carbons (Fsp3) is 0.0526. The molecule has 148 valence electrons. The molecule has 1 heterocycles. The largest absolute Gasteiger partial charge is 0.478 e. The maximum absolute atomic E-state index is 12.5. The van der Waals surface area contributed by atoms with Crippen LogP contribution < -0.4 is 5.32 Å². The molecular formula is C19H12Cl2N2O6. The minimum Gasteiger partial charge on any atom is -0.478 e. The number of nitro groups is 1. The van der Waals surface area contributed by atoms with Crippen molar-refractivity contribution in [2.75, 3.05) is 5.32 Å². The molecule has 29 heavy (non-hydrogen) atoms. The van der Waals surface area contributed by atoms with Gasteiger partial charge in [-0.2, -0.15) is 0 Å². The van der Waals surface area contributed by atoms with E-state index in [0.717, 1.165) is 6.07 Å². The van der Waals surface area contributed by atoms with Crippen molar-refractivity contribution in [1.82, 2.24) is 0 Å². The van der Waals surface area contributed by atoms with Gasteiger partial charge in [0, 0.05) is 6.07 Å². The Balaban J connectivity index is 1.91. The van der Waals surface area contributed by atoms with Crippen molar-refractivity contribution < 1.29 is 24.0 Å². The van der Waals surface area contributed by atoms with Crippen LogP contribution in [0.3, 0.4) is 0 Å². The number of benzene rings is 2. The number of carboxylic acid groups (broad SMARTS) is 1. The maximum Gasteiger partial charge on any atom is 0.337 e. The lowest BCUT2D eigenvalue weighted by Crippen LogP contribution is -2.12. The van der Waals surface area contributed by atoms with Crippen molar-refractivity contribution in [3.05, 3.63) is 79.5 Å². The highest BCUT2D eigenvalue weighted by Crippen LogP contribution is 2.33. The summed E-state index contributed by atoms with van der Waals surface area (Å²) < 4.78 is 5.47. The zero-order valence-electron chi connectivity index (χ0n) is 14.7. The van der Waals surface area contributed by atoms with E-state index >= 15 is 0 Å². The van der Waals surface area contributed by atoms with Gasteiger partial charge >= 0.3 is 5.97 Å². The third-order valence-corrected chi connectivity index (χ3v) is 4.61. The van der Waals surface area contributed by atoms with Gasteiger partial charge in [-0.15, -0.1) is 0 Å². The van der Waals surface area contributed by atoms with E-state index < -0.39 is 16.8 Å². The van der Waals surface area contributed by atoms with Crippen molar-refractivity contribution in [3.63, 3.8) is 0 Å². The zero-order valence-corrected chi connectivity index (χ0v) is 16.2. The number of aryl methyl sites for hydroxylation is 1. The lowest BCUT2D eigenvalue weighted by atomic mass is 10.1. The summed E-state index contributed by atoms with van der Waals surface area (Å²) in [4.78, 5) is 34.4. The Hall–Kier alpha value is -3.36. The Morgan fingerprint density at radius 3 is 2.48 bits per heavy atom. The maximum atomic E-state index is 12.5. The summed E-state index contributed by atoms with van der Waals surface area (Å²) in [5, 5.41) is 22.8. The van der Waals surface area contributed by atoms with Gasteiger partial charge in [0.1, 0.15) is 5.76 Å². The Labute approximate surface area is 173 Å². The van der Waals surface area contributed by atoms with Gasteiger partial charge in [-0.3, -0.25) is 14.9 Å². The highest BCUT2D eigenvalue weighted by Gasteiger charge is 2.21. The fourth-order valence-electron chi connectivity index (χ4n) is 2.60. The SMILES string of the molecule is Cc1ccc(-c2ccc(C(=O)Nc3cc(C(=O)O)c(Cl)cc3Cl)o2)c([N+](=O)[O-])c1. The average molecular weight is 435 g/mol. The number of furan rings is 1. The van der Waals surface area contributed by atoms with E-state index in [0.29, 0.717) is 5.56 Å². The molecular weight excluding hydrogens is 423 g/mol. The van der Waals surface area contributed by atoms with Crippen LogP contribution in [0.4, 0.5) is 11.4 Å². The van der Waals surface area contributed by atoms with Gasteiger partial charge in [0.05, 0.1) is 31.8 Å². The molecule has 0 saturated heterocycles. The van der Waals surface area contributed by atoms with Gasteiger partial charge in [-0.1, -0.05) is 29.3 Å². The van der Waals surface area contributed by atoms with Crippen LogP contribution in [-0.4, -0.2) is 21.9 Å². The van der Waals surface area contributed by atoms with Crippen LogP contribution in [0.1, 0.15) is 26.5 Å². The molecule has 1 amide bonds. The Morgan fingerprint density at radius 2 is 1.83 bits per heavy atom. The van der Waals surface area contributed by atoms with Crippen molar-refractivity contribution >= 4 is 46.5 Å². The first kappa shape index (κ1) is 20.4. The Morgan fingerprint density at radius 1 is 1.10 bits per heavy atom. The highest BCUT2D eigenvalue weighted by molar-refractivity contribution is 6.38. The molecule has 2 aromatic carbocycles. The highest BCUT2D eigenvalue weighted by atomic mass is 35.5. The van der Waals surface area contributed by atoms with Gasteiger partial charge in [0.25, 0.3) is 11.6 Å². The number of anilines is 1. The van der Waals surface area contributed by atoms with Crippen LogP contribution in [-0.2, 0) is 0 Å². The van der Waals surface area contributed by atoms with E-state index in [-0.39, 0.29) is 44.1 Å². The van der Waals surface area contributed by atoms with Crippen LogP contribution in [0.15, 0.2) is 46.9 Å². The van der Waals surface area contributed by atoms with Gasteiger partial charge in [-0.05, 0) is 42.8 Å². The molecule has 1 aromatic heterocycles. The van der Waals surface area contributed by atoms with E-state index in [1.807, 2.05) is 0 Å². The molecule has 0 aliphatic heterocycles. The van der Waals surface area contributed by atoms with Crippen LogP contribution in [0.2, 0.25) is 10.0 Å². The minimum absolute atomic E-state index is 0.0257. The van der Waals surface area contributed by atoms with Crippen molar-refractivity contribution in [3.8, 4) is 11.3 Å². The summed E-state index contributed by atoms with van der Waals surface area (Å²) in [5.74, 6) is -2.01. The van der Waals surface area contributed by atoms with Crippen molar-refractivity contribution in [2.45, 2.75) is 6.92 Å². The van der Waals surface area contributed by atoms with Crippen LogP contribution in [0.25, 0.3) is 11.3 Å². The first-order chi connectivity index (χ1) is 13.7. The van der Waals surface area contributed by atoms with Gasteiger partial charge < -0.3 is 14.8 Å². The molecule has 0 unspecified atom stereocenters. The van der Waals surface area contributed by atoms with E-state index in [2.05, 4.69) is 5.32 Å². The summed E-state index contributed by atoms with van der Waals surface area (Å²) in [6.07, 6.45) is 0. The number of amides is 1. The number of aromatic carboxylic acids is 1. The number of hydrogen-bond donors (Lipinski definition) is 2. The predicted octanol–water partition coefficient (Wildman–Crippen LogP) is 5.42. The zero-order chi connectivity index (χ0) is 21.3. The van der Waals surface area contributed by atoms with Crippen LogP contribution in [0, 0.1) is 17.0 Å². The quantitative estimate of drug-likeness (QED) is 0.408. The molecule has 8 nitrogen and oxygen atoms in total. The topological polar surface area (TPSA) is 123 Å². The summed E-state index contributed by atoms with van der Waals surface area (Å²) in [5.41, 5.74) is 0.562. The van der Waals surface area contributed by atoms with Crippen LogP contribution >= 0.6 is 23.2 Å². The number of nitrogens with one attached hydrogen (secondary N) is 1. The Kier molecular flexibility index (Phi) is 5.58. The van der Waals surface area contributed by atoms with E-state index in [4.69, 9.17) is 32.7 Å². The molecule has 0 aliphatic carbocycles. The molecule has 0 radical (unpaired) electrons. The fourth-order valence-corrected chi connectivity index (χ4v) is 3.11. The second-order valence-corrected chi connectivity index (χ2v) is 6.83. The molecule has 0 spiro atoms. The number of carboxylic acids is 1. The monoisotopic (exact) mass is 434 g/mol. The predicted molar refractivity (Wildman–Crippen MR) is 107 cm³/mol. The van der Waals surface area contributed by atoms with E-state index in [1.165, 1.54) is 30.3 Å². The molecule has 3 aromatic rings. The number of nitrogens with zero attached hydrogens (tertiary/aromatic N) is 1. The summed E-state index contributed by atoms with van der Waals surface area (Å²) in [6.45, 7) is 1.72. The smallest absolute Gasteiger partial charge is 0.337 e. The number of halogens is 2. The third kappa shape index (κ3) is 4.23. The van der Waals surface area contributed by atoms with E-state index in [1.54, 1.807) is 13.0 Å². The second kappa shape index (κ2) is 7.94. The summed E-state index contributed by atoms with van der Waals surface area (Å²) >= 11 is 11.8. The molecule has 10 heteroatoms. The first-order valence-corrected chi connectivity index (χ1v) is 8.82. The normalized spacial score (nSPS) is 10.6. The standard InChI is InChI=1S/C19H12Cl2N2O6/c1-9-2-3-10(15(6-9)23(27)28)16-4-5-17(29-16)18(24)22-14-7-11(19(25)26)12(20)8-13(14)21/h2-8H,1H3,(H,22,24)(H,25,26). The average Bonchev–Trinajstić information content (AvgIpc) is 3.13. The lowest BCUT2D eigenvalue weighted by molar-refractivity contribution is -0.384. The van der Waals surface area contributed by atoms with Gasteiger partial charge in [0.15, 0.2) is 5.76 Å². The third-order valence-electron chi connectivity index (χ3n) is 3.98. The number of rotatable bonds is 5. The molecule has 0 saturated carbocycles. The number of nitro benzene ring substituents is 1. The van der Waals surface area contributed by atoms with E-state index in [9.17, 15) is 19.7 Å². The Bertz CT molecular complexity index is 1160. The minimum atomic E-state index is -1.28. The molecule has 0 aliphatic rings. The number of carbonyl (C=O) groups is 2. The van der Waals surface area contributed by atoms with Crippen molar-refractivity contribution in [2.24, 2.45) is 0 Å². The van der Waals surface area contributed by atoms with Crippen LogP contribution in [0.5, 0.6) is 0 Å². The lowest BCUT2D eigenvalue weighted by Gasteiger charge is -2.08. The first-order valence-electron chi connectivity index (χ1n) is 8.06. The summed E-state index contributed by atoms with van der Waals surface area (Å²) in [6, 6.07) is 9.72. The van der Waals surface area contributed by atoms with Gasteiger partial charge in [-0.25, -0.2) is 4.79 Å². The summed E-state index contributed by atoms with van der Waals surface area (Å²) in [7, 11) is 0. The molecule has 0 fully saturated rings. The number of hydrogen-bond acceptors (Lipinski definition) is 5. The molecule has 0 bridgehead atoms. The molecule has 0 atom stereocenters. The molecule has 2 N–H and O–H groups in total. The number of carbonyl (C=O) groups excluding carboxylic acids is 1. The second-order valence-electron chi connectivity index (χ2n) is 6.01. The molecule has 3 rings (SSSR count).